The second kappa shape index (κ2) is 9.55. The number of halogens is 1. The summed E-state index contributed by atoms with van der Waals surface area (Å²) in [6.45, 7) is 3.06. The lowest BCUT2D eigenvalue weighted by Crippen LogP contribution is -2.52. The molecule has 0 aliphatic carbocycles. The van der Waals surface area contributed by atoms with E-state index in [9.17, 15) is 14.0 Å². The molecule has 158 valence electrons. The maximum Gasteiger partial charge on any atom is 0.414 e. The Kier molecular flexibility index (Phi) is 6.86. The zero-order valence-corrected chi connectivity index (χ0v) is 16.2. The van der Waals surface area contributed by atoms with Gasteiger partial charge in [-0.1, -0.05) is 12.1 Å². The van der Waals surface area contributed by atoms with Crippen LogP contribution in [0.25, 0.3) is 0 Å². The number of nitrogens with zero attached hydrogens (tertiary/aromatic N) is 2. The first-order valence-corrected chi connectivity index (χ1v) is 9.59. The number of carbonyl (C=O) groups excluding carboxylic acids is 2. The fourth-order valence-corrected chi connectivity index (χ4v) is 3.56. The third-order valence-electron chi connectivity index (χ3n) is 5.13. The second-order valence-corrected chi connectivity index (χ2v) is 7.18. The molecule has 1 aromatic carbocycles. The number of anilines is 1. The van der Waals surface area contributed by atoms with Crippen LogP contribution in [0, 0.1) is 17.1 Å². The molecule has 2 saturated heterocycles. The highest BCUT2D eigenvalue weighted by Gasteiger charge is 2.28. The molecule has 1 aromatic rings. The van der Waals surface area contributed by atoms with Crippen molar-refractivity contribution in [1.29, 1.82) is 5.41 Å². The van der Waals surface area contributed by atoms with Crippen molar-refractivity contribution in [2.24, 2.45) is 11.7 Å². The summed E-state index contributed by atoms with van der Waals surface area (Å²) in [5, 5.41) is 8.94. The Morgan fingerprint density at radius 2 is 2.10 bits per heavy atom. The van der Waals surface area contributed by atoms with Crippen LogP contribution in [0.5, 0.6) is 0 Å². The van der Waals surface area contributed by atoms with Gasteiger partial charge in [-0.2, -0.15) is 0 Å². The number of piperazine rings is 1. The molecule has 10 heteroatoms. The number of ether oxygens (including phenoxy) is 2. The number of hydrogen-bond donors (Lipinski definition) is 3. The lowest BCUT2D eigenvalue weighted by molar-refractivity contribution is -0.132. The summed E-state index contributed by atoms with van der Waals surface area (Å²) >= 11 is 0. The molecule has 9 nitrogen and oxygen atoms in total. The van der Waals surface area contributed by atoms with Gasteiger partial charge in [0.15, 0.2) is 11.8 Å². The van der Waals surface area contributed by atoms with Crippen LogP contribution >= 0.6 is 0 Å². The van der Waals surface area contributed by atoms with E-state index in [1.54, 1.807) is 17.0 Å². The summed E-state index contributed by atoms with van der Waals surface area (Å²) in [4.78, 5) is 27.6. The van der Waals surface area contributed by atoms with E-state index in [1.165, 1.54) is 6.07 Å². The summed E-state index contributed by atoms with van der Waals surface area (Å²) in [5.41, 5.74) is 5.53. The normalized spacial score (nSPS) is 17.9. The Labute approximate surface area is 168 Å². The minimum atomic E-state index is -0.931. The van der Waals surface area contributed by atoms with Crippen molar-refractivity contribution in [2.75, 3.05) is 44.3 Å². The summed E-state index contributed by atoms with van der Waals surface area (Å²) in [7, 11) is 0. The maximum absolute atomic E-state index is 14.9. The van der Waals surface area contributed by atoms with Crippen LogP contribution in [0.15, 0.2) is 18.2 Å². The molecule has 3 rings (SSSR count). The number of nitrogens with two attached hydrogens (primary N) is 1. The van der Waals surface area contributed by atoms with Gasteiger partial charge in [0.2, 0.25) is 5.91 Å². The number of benzene rings is 1. The Morgan fingerprint density at radius 3 is 2.79 bits per heavy atom. The Bertz CT molecular complexity index is 769. The van der Waals surface area contributed by atoms with Gasteiger partial charge in [0, 0.05) is 38.4 Å². The third kappa shape index (κ3) is 5.57. The number of rotatable bonds is 5. The molecular formula is C19H26FN5O4. The minimum absolute atomic E-state index is 0.0235. The van der Waals surface area contributed by atoms with E-state index < -0.39 is 17.9 Å². The standard InChI is InChI=1S/C19H26FN5O4/c20-17-14(12-29-19(27)23-18(21)22)2-1-3-15(17)24-6-7-25(16(26)11-24)10-13-4-8-28-9-5-13/h1-3,13H,4-12H2,(H4,21,22,23,27). The molecule has 0 unspecified atom stereocenters. The van der Waals surface area contributed by atoms with Crippen LogP contribution in [-0.4, -0.2) is 62.3 Å². The number of alkyl carbamates (subject to hydrolysis) is 1. The van der Waals surface area contributed by atoms with E-state index in [2.05, 4.69) is 0 Å². The van der Waals surface area contributed by atoms with Crippen LogP contribution in [0.3, 0.4) is 0 Å². The summed E-state index contributed by atoms with van der Waals surface area (Å²) < 4.78 is 25.1. The molecule has 2 fully saturated rings. The smallest absolute Gasteiger partial charge is 0.414 e. The molecule has 0 aromatic heterocycles. The summed E-state index contributed by atoms with van der Waals surface area (Å²) in [5.74, 6) is -0.655. The molecule has 29 heavy (non-hydrogen) atoms. The van der Waals surface area contributed by atoms with Crippen LogP contribution in [0.1, 0.15) is 18.4 Å². The first-order valence-electron chi connectivity index (χ1n) is 9.59. The maximum atomic E-state index is 14.9. The highest BCUT2D eigenvalue weighted by Crippen LogP contribution is 2.25. The fourth-order valence-electron chi connectivity index (χ4n) is 3.56. The van der Waals surface area contributed by atoms with Gasteiger partial charge in [0.1, 0.15) is 6.61 Å². The molecule has 0 spiro atoms. The molecule has 0 bridgehead atoms. The van der Waals surface area contributed by atoms with Gasteiger partial charge in [0.25, 0.3) is 0 Å². The van der Waals surface area contributed by atoms with Gasteiger partial charge in [-0.3, -0.25) is 15.5 Å². The van der Waals surface area contributed by atoms with E-state index >= 15 is 0 Å². The van der Waals surface area contributed by atoms with Crippen LogP contribution in [-0.2, 0) is 20.9 Å². The summed E-state index contributed by atoms with van der Waals surface area (Å²) in [6.07, 6.45) is 0.988. The molecule has 2 aliphatic heterocycles. The lowest BCUT2D eigenvalue weighted by Gasteiger charge is -2.38. The van der Waals surface area contributed by atoms with Gasteiger partial charge < -0.3 is 25.0 Å². The Balaban J connectivity index is 1.59. The molecule has 2 aliphatic rings. The van der Waals surface area contributed by atoms with Crippen molar-refractivity contribution in [3.63, 3.8) is 0 Å². The first kappa shape index (κ1) is 20.8. The molecule has 2 amide bonds. The summed E-state index contributed by atoms with van der Waals surface area (Å²) in [6, 6.07) is 4.76. The second-order valence-electron chi connectivity index (χ2n) is 7.18. The number of guanidine groups is 1. The monoisotopic (exact) mass is 407 g/mol. The SMILES string of the molecule is N=C(N)NC(=O)OCc1cccc(N2CCN(CC3CCOCC3)C(=O)C2)c1F. The lowest BCUT2D eigenvalue weighted by atomic mass is 9.99. The number of carbonyl (C=O) groups is 2. The van der Waals surface area contributed by atoms with Crippen molar-refractivity contribution in [2.45, 2.75) is 19.4 Å². The topological polar surface area (TPSA) is 121 Å². The van der Waals surface area contributed by atoms with Crippen molar-refractivity contribution in [3.05, 3.63) is 29.6 Å². The van der Waals surface area contributed by atoms with Crippen molar-refractivity contribution < 1.29 is 23.5 Å². The van der Waals surface area contributed by atoms with Crippen molar-refractivity contribution in [3.8, 4) is 0 Å². The quantitative estimate of drug-likeness (QED) is 0.495. The minimum Gasteiger partial charge on any atom is -0.444 e. The van der Waals surface area contributed by atoms with Gasteiger partial charge in [-0.25, -0.2) is 9.18 Å². The predicted octanol–water partition coefficient (Wildman–Crippen LogP) is 1.02. The van der Waals surface area contributed by atoms with Gasteiger partial charge in [0.05, 0.1) is 12.2 Å². The molecule has 4 N–H and O–H groups in total. The van der Waals surface area contributed by atoms with Crippen molar-refractivity contribution >= 4 is 23.6 Å². The highest BCUT2D eigenvalue weighted by molar-refractivity contribution is 5.90. The Morgan fingerprint density at radius 1 is 1.34 bits per heavy atom. The number of nitrogens with one attached hydrogen (secondary N) is 2. The van der Waals surface area contributed by atoms with E-state index in [4.69, 9.17) is 20.6 Å². The van der Waals surface area contributed by atoms with E-state index in [-0.39, 0.29) is 24.6 Å². The Hall–Kier alpha value is -2.88. The predicted molar refractivity (Wildman–Crippen MR) is 104 cm³/mol. The van der Waals surface area contributed by atoms with Gasteiger partial charge in [-0.15, -0.1) is 0 Å². The molecule has 0 atom stereocenters. The van der Waals surface area contributed by atoms with Crippen LogP contribution in [0.4, 0.5) is 14.9 Å². The zero-order chi connectivity index (χ0) is 20.8. The molecule has 0 saturated carbocycles. The fraction of sp³-hybridized carbons (Fsp3) is 0.526. The van der Waals surface area contributed by atoms with E-state index in [0.29, 0.717) is 24.7 Å². The molecule has 2 heterocycles. The third-order valence-corrected chi connectivity index (χ3v) is 5.13. The van der Waals surface area contributed by atoms with Crippen molar-refractivity contribution in [1.82, 2.24) is 10.2 Å². The number of hydrogen-bond acceptors (Lipinski definition) is 6. The molecular weight excluding hydrogens is 381 g/mol. The van der Waals surface area contributed by atoms with Crippen LogP contribution in [0.2, 0.25) is 0 Å². The average Bonchev–Trinajstić information content (AvgIpc) is 2.69. The van der Waals surface area contributed by atoms with E-state index in [0.717, 1.165) is 32.6 Å². The van der Waals surface area contributed by atoms with Gasteiger partial charge >= 0.3 is 6.09 Å². The highest BCUT2D eigenvalue weighted by atomic mass is 19.1. The average molecular weight is 407 g/mol. The number of amides is 2. The zero-order valence-electron chi connectivity index (χ0n) is 16.2. The van der Waals surface area contributed by atoms with Crippen LogP contribution < -0.4 is 16.0 Å². The molecule has 0 radical (unpaired) electrons. The first-order chi connectivity index (χ1) is 13.9. The van der Waals surface area contributed by atoms with E-state index in [1.807, 2.05) is 10.2 Å². The van der Waals surface area contributed by atoms with Gasteiger partial charge in [-0.05, 0) is 24.8 Å². The largest absolute Gasteiger partial charge is 0.444 e.